The van der Waals surface area contributed by atoms with Gasteiger partial charge in [-0.1, -0.05) is 5.16 Å². The Kier molecular flexibility index (Phi) is 1.73. The van der Waals surface area contributed by atoms with Crippen molar-refractivity contribution in [2.75, 3.05) is 5.73 Å². The zero-order valence-corrected chi connectivity index (χ0v) is 8.11. The van der Waals surface area contributed by atoms with Crippen molar-refractivity contribution < 1.29 is 13.3 Å². The molecule has 0 aliphatic rings. The number of fused-ring (bicyclic) bond motifs is 1. The van der Waals surface area contributed by atoms with Gasteiger partial charge in [0.25, 0.3) is 0 Å². The van der Waals surface area contributed by atoms with Crippen molar-refractivity contribution in [1.82, 2.24) is 5.16 Å². The fourth-order valence-corrected chi connectivity index (χ4v) is 1.64. The molecule has 2 N–H and O–H groups in total. The van der Waals surface area contributed by atoms with Crippen molar-refractivity contribution >= 4 is 16.8 Å². The molecular weight excluding hydrogens is 211 g/mol. The second-order valence-corrected chi connectivity index (χ2v) is 3.38. The fourth-order valence-electron chi connectivity index (χ4n) is 1.64. The van der Waals surface area contributed by atoms with Crippen molar-refractivity contribution in [3.8, 4) is 11.3 Å². The van der Waals surface area contributed by atoms with Crippen molar-refractivity contribution in [1.29, 1.82) is 0 Å². The third-order valence-electron chi connectivity index (χ3n) is 2.35. The van der Waals surface area contributed by atoms with Crippen LogP contribution in [0.5, 0.6) is 0 Å². The van der Waals surface area contributed by atoms with Gasteiger partial charge in [0.1, 0.15) is 11.4 Å². The van der Waals surface area contributed by atoms with E-state index in [9.17, 15) is 4.39 Å². The molecule has 2 aromatic heterocycles. The second-order valence-electron chi connectivity index (χ2n) is 3.38. The van der Waals surface area contributed by atoms with Gasteiger partial charge in [0.15, 0.2) is 11.6 Å². The smallest absolute Gasteiger partial charge is 0.175 e. The molecular formula is C11H7FN2O2. The van der Waals surface area contributed by atoms with Crippen molar-refractivity contribution in [3.05, 3.63) is 36.3 Å². The molecule has 3 rings (SSSR count). The Morgan fingerprint density at radius 1 is 1.25 bits per heavy atom. The first-order valence-corrected chi connectivity index (χ1v) is 4.64. The van der Waals surface area contributed by atoms with Gasteiger partial charge in [-0.05, 0) is 18.2 Å². The van der Waals surface area contributed by atoms with Gasteiger partial charge < -0.3 is 14.7 Å². The molecule has 0 amide bonds. The lowest BCUT2D eigenvalue weighted by atomic mass is 10.1. The van der Waals surface area contributed by atoms with Crippen LogP contribution in [0.4, 0.5) is 10.2 Å². The van der Waals surface area contributed by atoms with Gasteiger partial charge in [0.2, 0.25) is 0 Å². The number of nitrogens with two attached hydrogens (primary N) is 1. The predicted octanol–water partition coefficient (Wildman–Crippen LogP) is 2.81. The van der Waals surface area contributed by atoms with E-state index in [2.05, 4.69) is 5.16 Å². The molecule has 80 valence electrons. The molecule has 16 heavy (non-hydrogen) atoms. The Bertz CT molecular complexity index is 657. The Morgan fingerprint density at radius 2 is 2.12 bits per heavy atom. The monoisotopic (exact) mass is 218 g/mol. The zero-order chi connectivity index (χ0) is 11.1. The molecule has 4 nitrogen and oxygen atoms in total. The van der Waals surface area contributed by atoms with E-state index in [1.807, 2.05) is 0 Å². The molecule has 3 aromatic rings. The highest BCUT2D eigenvalue weighted by atomic mass is 19.1. The van der Waals surface area contributed by atoms with Crippen molar-refractivity contribution in [3.63, 3.8) is 0 Å². The van der Waals surface area contributed by atoms with Gasteiger partial charge in [0.05, 0.1) is 11.8 Å². The van der Waals surface area contributed by atoms with Gasteiger partial charge >= 0.3 is 0 Å². The second kappa shape index (κ2) is 3.10. The van der Waals surface area contributed by atoms with E-state index in [-0.39, 0.29) is 17.1 Å². The van der Waals surface area contributed by atoms with E-state index < -0.39 is 5.82 Å². The largest absolute Gasteiger partial charge is 0.463 e. The summed E-state index contributed by atoms with van der Waals surface area (Å²) in [7, 11) is 0. The van der Waals surface area contributed by atoms with Crippen LogP contribution in [0.1, 0.15) is 0 Å². The molecule has 1 aromatic carbocycles. The van der Waals surface area contributed by atoms with Gasteiger partial charge in [-0.25, -0.2) is 4.39 Å². The van der Waals surface area contributed by atoms with Crippen molar-refractivity contribution in [2.24, 2.45) is 0 Å². The third kappa shape index (κ3) is 1.18. The zero-order valence-electron chi connectivity index (χ0n) is 8.11. The minimum Gasteiger partial charge on any atom is -0.463 e. The minimum atomic E-state index is -0.432. The van der Waals surface area contributed by atoms with Crippen molar-refractivity contribution in [2.45, 2.75) is 0 Å². The number of anilines is 1. The highest BCUT2D eigenvalue weighted by Crippen LogP contribution is 2.32. The number of aromatic nitrogens is 1. The topological polar surface area (TPSA) is 65.2 Å². The molecule has 2 heterocycles. The average Bonchev–Trinajstić information content (AvgIpc) is 2.86. The number of nitrogen functional groups attached to an aromatic ring is 1. The van der Waals surface area contributed by atoms with E-state index >= 15 is 0 Å². The Labute approximate surface area is 89.4 Å². The standard InChI is InChI=1S/C11H7FN2O2/c12-7-2-1-6-3-4-15-11(6)10(7)8-5-9(13)14-16-8/h1-5H,(H2,13,14). The number of rotatable bonds is 1. The van der Waals surface area contributed by atoms with Gasteiger partial charge in [-0.3, -0.25) is 0 Å². The van der Waals surface area contributed by atoms with Gasteiger partial charge in [-0.2, -0.15) is 0 Å². The van der Waals surface area contributed by atoms with Gasteiger partial charge in [-0.15, -0.1) is 0 Å². The minimum absolute atomic E-state index is 0.206. The van der Waals surface area contributed by atoms with Crippen LogP contribution < -0.4 is 5.73 Å². The number of nitrogens with zero attached hydrogens (tertiary/aromatic N) is 1. The lowest BCUT2D eigenvalue weighted by Gasteiger charge is -1.98. The molecule has 0 bridgehead atoms. The number of hydrogen-bond acceptors (Lipinski definition) is 4. The molecule has 0 aliphatic carbocycles. The number of benzene rings is 1. The number of furan rings is 1. The molecule has 0 radical (unpaired) electrons. The van der Waals surface area contributed by atoms with E-state index in [1.165, 1.54) is 18.4 Å². The summed E-state index contributed by atoms with van der Waals surface area (Å²) in [5.41, 5.74) is 6.10. The summed E-state index contributed by atoms with van der Waals surface area (Å²) in [6.45, 7) is 0. The first kappa shape index (κ1) is 8.96. The normalized spacial score (nSPS) is 11.1. The van der Waals surface area contributed by atoms with Crippen LogP contribution in [-0.2, 0) is 0 Å². The lowest BCUT2D eigenvalue weighted by molar-refractivity contribution is 0.433. The van der Waals surface area contributed by atoms with E-state index in [0.717, 1.165) is 5.39 Å². The highest BCUT2D eigenvalue weighted by molar-refractivity contribution is 5.91. The van der Waals surface area contributed by atoms with Crippen LogP contribution in [0.15, 0.2) is 39.5 Å². The maximum absolute atomic E-state index is 13.7. The van der Waals surface area contributed by atoms with E-state index in [1.54, 1.807) is 12.1 Å². The summed E-state index contributed by atoms with van der Waals surface area (Å²) in [6.07, 6.45) is 1.49. The SMILES string of the molecule is Nc1cc(-c2c(F)ccc3ccoc23)on1. The maximum atomic E-state index is 13.7. The van der Waals surface area contributed by atoms with E-state index in [0.29, 0.717) is 5.58 Å². The quantitative estimate of drug-likeness (QED) is 0.682. The first-order valence-electron chi connectivity index (χ1n) is 4.64. The Hall–Kier alpha value is -2.30. The van der Waals surface area contributed by atoms with Crippen LogP contribution in [0, 0.1) is 5.82 Å². The van der Waals surface area contributed by atoms with E-state index in [4.69, 9.17) is 14.7 Å². The number of hydrogen-bond donors (Lipinski definition) is 1. The molecule has 0 atom stereocenters. The lowest BCUT2D eigenvalue weighted by Crippen LogP contribution is -1.83. The van der Waals surface area contributed by atoms with Gasteiger partial charge in [0, 0.05) is 11.5 Å². The predicted molar refractivity (Wildman–Crippen MR) is 56.1 cm³/mol. The molecule has 0 unspecified atom stereocenters. The molecule has 0 fully saturated rings. The number of halogens is 1. The molecule has 0 aliphatic heterocycles. The summed E-state index contributed by atoms with van der Waals surface area (Å²) in [5.74, 6) is 0.0344. The molecule has 0 spiro atoms. The Balaban J connectivity index is 2.36. The van der Waals surface area contributed by atoms with Crippen LogP contribution in [0.25, 0.3) is 22.3 Å². The maximum Gasteiger partial charge on any atom is 0.175 e. The first-order chi connectivity index (χ1) is 7.75. The summed E-state index contributed by atoms with van der Waals surface area (Å²) < 4.78 is 23.9. The fraction of sp³-hybridized carbons (Fsp3) is 0. The summed E-state index contributed by atoms with van der Waals surface area (Å²) >= 11 is 0. The molecule has 0 saturated heterocycles. The summed E-state index contributed by atoms with van der Waals surface area (Å²) in [6, 6.07) is 6.20. The van der Waals surface area contributed by atoms with Crippen LogP contribution >= 0.6 is 0 Å². The van der Waals surface area contributed by atoms with Crippen LogP contribution in [0.2, 0.25) is 0 Å². The molecule has 0 saturated carbocycles. The van der Waals surface area contributed by atoms with Crippen LogP contribution in [-0.4, -0.2) is 5.16 Å². The Morgan fingerprint density at radius 3 is 2.88 bits per heavy atom. The summed E-state index contributed by atoms with van der Waals surface area (Å²) in [5, 5.41) is 4.32. The third-order valence-corrected chi connectivity index (χ3v) is 2.35. The average molecular weight is 218 g/mol. The molecule has 5 heteroatoms. The summed E-state index contributed by atoms with van der Waals surface area (Å²) in [4.78, 5) is 0. The van der Waals surface area contributed by atoms with Crippen LogP contribution in [0.3, 0.4) is 0 Å². The highest BCUT2D eigenvalue weighted by Gasteiger charge is 2.16.